The third kappa shape index (κ3) is 4.58. The van der Waals surface area contributed by atoms with Crippen LogP contribution in [0.15, 0.2) is 72.9 Å². The Labute approximate surface area is 203 Å². The molecule has 35 heavy (non-hydrogen) atoms. The van der Waals surface area contributed by atoms with Gasteiger partial charge in [0.25, 0.3) is 0 Å². The molecule has 1 aliphatic rings. The summed E-state index contributed by atoms with van der Waals surface area (Å²) in [7, 11) is 1.63. The zero-order valence-electron chi connectivity index (χ0n) is 20.0. The summed E-state index contributed by atoms with van der Waals surface area (Å²) in [5.74, 6) is 1.09. The number of benzene rings is 3. The van der Waals surface area contributed by atoms with Crippen molar-refractivity contribution >= 4 is 16.8 Å². The summed E-state index contributed by atoms with van der Waals surface area (Å²) in [5, 5.41) is 8.51. The number of nitrogens with one attached hydrogen (secondary N) is 1. The van der Waals surface area contributed by atoms with Gasteiger partial charge in [-0.3, -0.25) is 4.79 Å². The van der Waals surface area contributed by atoms with E-state index in [1.54, 1.807) is 30.1 Å². The second-order valence-corrected chi connectivity index (χ2v) is 9.36. The van der Waals surface area contributed by atoms with E-state index in [1.165, 1.54) is 12.1 Å². The standard InChI is InChI=1S/C28H28FN3O3/c1-18(31-27(33)28(2)14-15-28)26(23-6-4-5-7-25(23)34-3)35-22-12-13-24-19(16-22)17-30-32(24)21-10-8-20(29)9-11-21/h4-13,16-18,26H,14-15H2,1-3H3,(H,31,33)/t18-,26-/m0/s1. The molecule has 5 rings (SSSR count). The fourth-order valence-electron chi connectivity index (χ4n) is 4.23. The number of hydrogen-bond donors (Lipinski definition) is 1. The highest BCUT2D eigenvalue weighted by Gasteiger charge is 2.45. The lowest BCUT2D eigenvalue weighted by atomic mass is 10.0. The maximum Gasteiger partial charge on any atom is 0.226 e. The van der Waals surface area contributed by atoms with Crippen molar-refractivity contribution in [2.45, 2.75) is 38.8 Å². The molecule has 0 bridgehead atoms. The van der Waals surface area contributed by atoms with E-state index in [1.807, 2.05) is 56.3 Å². The molecule has 0 radical (unpaired) electrons. The number of para-hydroxylation sites is 1. The minimum atomic E-state index is -0.470. The average molecular weight is 474 g/mol. The lowest BCUT2D eigenvalue weighted by molar-refractivity contribution is -0.127. The predicted molar refractivity (Wildman–Crippen MR) is 132 cm³/mol. The first-order valence-electron chi connectivity index (χ1n) is 11.7. The van der Waals surface area contributed by atoms with Crippen LogP contribution in [0.1, 0.15) is 38.4 Å². The molecule has 1 fully saturated rings. The zero-order chi connectivity index (χ0) is 24.6. The van der Waals surface area contributed by atoms with Gasteiger partial charge in [0.2, 0.25) is 5.91 Å². The first-order chi connectivity index (χ1) is 16.9. The second kappa shape index (κ2) is 9.06. The van der Waals surface area contributed by atoms with Crippen LogP contribution in [0.5, 0.6) is 11.5 Å². The molecule has 1 saturated carbocycles. The van der Waals surface area contributed by atoms with Crippen LogP contribution in [0.2, 0.25) is 0 Å². The largest absolute Gasteiger partial charge is 0.496 e. The van der Waals surface area contributed by atoms with Crippen LogP contribution in [0, 0.1) is 11.2 Å². The van der Waals surface area contributed by atoms with Crippen LogP contribution in [-0.2, 0) is 4.79 Å². The predicted octanol–water partition coefficient (Wildman–Crippen LogP) is 5.60. The summed E-state index contributed by atoms with van der Waals surface area (Å²) in [5.41, 5.74) is 2.21. The van der Waals surface area contributed by atoms with Crippen LogP contribution in [0.3, 0.4) is 0 Å². The Kier molecular flexibility index (Phi) is 5.93. The summed E-state index contributed by atoms with van der Waals surface area (Å²) in [6.45, 7) is 3.94. The molecule has 0 spiro atoms. The Balaban J connectivity index is 1.45. The van der Waals surface area contributed by atoms with Crippen LogP contribution in [0.25, 0.3) is 16.6 Å². The van der Waals surface area contributed by atoms with Gasteiger partial charge in [-0.2, -0.15) is 5.10 Å². The van der Waals surface area contributed by atoms with E-state index in [-0.39, 0.29) is 23.2 Å². The van der Waals surface area contributed by atoms with Crippen molar-refractivity contribution in [2.75, 3.05) is 7.11 Å². The Hall–Kier alpha value is -3.87. The summed E-state index contributed by atoms with van der Waals surface area (Å²) in [6, 6.07) is 19.3. The Morgan fingerprint density at radius 3 is 2.57 bits per heavy atom. The number of hydrogen-bond acceptors (Lipinski definition) is 4. The van der Waals surface area contributed by atoms with E-state index in [0.717, 1.165) is 35.0 Å². The molecular weight excluding hydrogens is 445 g/mol. The number of aromatic nitrogens is 2. The second-order valence-electron chi connectivity index (χ2n) is 9.36. The molecule has 7 heteroatoms. The number of carbonyl (C=O) groups excluding carboxylic acids is 1. The van der Waals surface area contributed by atoms with E-state index in [9.17, 15) is 9.18 Å². The molecule has 1 aliphatic carbocycles. The van der Waals surface area contributed by atoms with Crippen LogP contribution in [0.4, 0.5) is 4.39 Å². The monoisotopic (exact) mass is 473 g/mol. The van der Waals surface area contributed by atoms with Gasteiger partial charge in [-0.15, -0.1) is 0 Å². The minimum absolute atomic E-state index is 0.0459. The molecule has 1 amide bonds. The third-order valence-corrected chi connectivity index (χ3v) is 6.68. The molecule has 1 aromatic heterocycles. The highest BCUT2D eigenvalue weighted by atomic mass is 19.1. The highest BCUT2D eigenvalue weighted by Crippen LogP contribution is 2.45. The van der Waals surface area contributed by atoms with Crippen molar-refractivity contribution in [1.82, 2.24) is 15.1 Å². The molecule has 2 atom stereocenters. The maximum absolute atomic E-state index is 13.3. The van der Waals surface area contributed by atoms with Crippen LogP contribution in [-0.4, -0.2) is 28.8 Å². The SMILES string of the molecule is COc1ccccc1[C@@H](Oc1ccc2c(cnn2-c2ccc(F)cc2)c1)[C@H](C)NC(=O)C1(C)CC1. The average Bonchev–Trinajstić information content (AvgIpc) is 3.49. The molecule has 4 aromatic rings. The molecule has 1 heterocycles. The maximum atomic E-state index is 13.3. The number of fused-ring (bicyclic) bond motifs is 1. The quantitative estimate of drug-likeness (QED) is 0.362. The van der Waals surface area contributed by atoms with Crippen molar-refractivity contribution in [3.8, 4) is 17.2 Å². The zero-order valence-corrected chi connectivity index (χ0v) is 20.0. The molecule has 0 saturated heterocycles. The van der Waals surface area contributed by atoms with Gasteiger partial charge in [0, 0.05) is 16.4 Å². The van der Waals surface area contributed by atoms with E-state index in [0.29, 0.717) is 11.5 Å². The normalized spacial score (nSPS) is 15.9. The van der Waals surface area contributed by atoms with Gasteiger partial charge in [0.05, 0.1) is 30.6 Å². The van der Waals surface area contributed by atoms with E-state index >= 15 is 0 Å². The van der Waals surface area contributed by atoms with Gasteiger partial charge < -0.3 is 14.8 Å². The van der Waals surface area contributed by atoms with E-state index in [4.69, 9.17) is 9.47 Å². The number of methoxy groups -OCH3 is 1. The molecule has 180 valence electrons. The number of halogens is 1. The van der Waals surface area contributed by atoms with Crippen molar-refractivity contribution in [3.63, 3.8) is 0 Å². The first kappa shape index (κ1) is 22.9. The number of ether oxygens (including phenoxy) is 2. The number of rotatable bonds is 8. The lowest BCUT2D eigenvalue weighted by Gasteiger charge is -2.28. The van der Waals surface area contributed by atoms with Gasteiger partial charge in [0.1, 0.15) is 23.4 Å². The van der Waals surface area contributed by atoms with Gasteiger partial charge in [0.15, 0.2) is 0 Å². The fraction of sp³-hybridized carbons (Fsp3) is 0.286. The molecule has 0 aliphatic heterocycles. The molecule has 1 N–H and O–H groups in total. The van der Waals surface area contributed by atoms with Gasteiger partial charge >= 0.3 is 0 Å². The summed E-state index contributed by atoms with van der Waals surface area (Å²) < 4.78 is 27.2. The summed E-state index contributed by atoms with van der Waals surface area (Å²) >= 11 is 0. The van der Waals surface area contributed by atoms with Gasteiger partial charge in [-0.05, 0) is 68.3 Å². The van der Waals surface area contributed by atoms with Crippen molar-refractivity contribution < 1.29 is 18.7 Å². The van der Waals surface area contributed by atoms with Crippen molar-refractivity contribution in [2.24, 2.45) is 5.41 Å². The molecule has 0 unspecified atom stereocenters. The van der Waals surface area contributed by atoms with Crippen molar-refractivity contribution in [3.05, 3.63) is 84.3 Å². The topological polar surface area (TPSA) is 65.4 Å². The number of amides is 1. The number of nitrogens with zero attached hydrogens (tertiary/aromatic N) is 2. The summed E-state index contributed by atoms with van der Waals surface area (Å²) in [4.78, 5) is 12.8. The third-order valence-electron chi connectivity index (χ3n) is 6.68. The highest BCUT2D eigenvalue weighted by molar-refractivity contribution is 5.85. The Bertz CT molecular complexity index is 1360. The fourth-order valence-corrected chi connectivity index (χ4v) is 4.23. The van der Waals surface area contributed by atoms with Crippen LogP contribution >= 0.6 is 0 Å². The first-order valence-corrected chi connectivity index (χ1v) is 11.7. The van der Waals surface area contributed by atoms with Crippen molar-refractivity contribution in [1.29, 1.82) is 0 Å². The summed E-state index contributed by atoms with van der Waals surface area (Å²) in [6.07, 6.45) is 3.09. The molecular formula is C28H28FN3O3. The van der Waals surface area contributed by atoms with Gasteiger partial charge in [-0.25, -0.2) is 9.07 Å². The van der Waals surface area contributed by atoms with Crippen LogP contribution < -0.4 is 14.8 Å². The smallest absolute Gasteiger partial charge is 0.226 e. The minimum Gasteiger partial charge on any atom is -0.496 e. The lowest BCUT2D eigenvalue weighted by Crippen LogP contribution is -2.42. The Morgan fingerprint density at radius 2 is 1.86 bits per heavy atom. The van der Waals surface area contributed by atoms with Gasteiger partial charge in [-0.1, -0.05) is 25.1 Å². The van der Waals surface area contributed by atoms with E-state index in [2.05, 4.69) is 10.4 Å². The van der Waals surface area contributed by atoms with E-state index < -0.39 is 6.10 Å². The number of carbonyl (C=O) groups is 1. The molecule has 6 nitrogen and oxygen atoms in total. The Morgan fingerprint density at radius 1 is 1.11 bits per heavy atom. The molecule has 3 aromatic carbocycles.